The number of H-pyrrole nitrogens is 1. The number of aromatic nitrogens is 1. The predicted octanol–water partition coefficient (Wildman–Crippen LogP) is 4.86. The Kier molecular flexibility index (Phi) is 8.48. The van der Waals surface area contributed by atoms with Gasteiger partial charge in [-0.25, -0.2) is 9.18 Å². The Hall–Kier alpha value is -3.87. The molecule has 2 aliphatic rings. The Bertz CT molecular complexity index is 1410. The summed E-state index contributed by atoms with van der Waals surface area (Å²) in [6, 6.07) is 2.72. The van der Waals surface area contributed by atoms with Crippen LogP contribution in [0.5, 0.6) is 0 Å². The fourth-order valence-corrected chi connectivity index (χ4v) is 5.48. The van der Waals surface area contributed by atoms with Gasteiger partial charge in [-0.05, 0) is 51.4 Å². The summed E-state index contributed by atoms with van der Waals surface area (Å²) in [4.78, 5) is 43.9. The van der Waals surface area contributed by atoms with Crippen LogP contribution in [0.15, 0.2) is 35.3 Å². The summed E-state index contributed by atoms with van der Waals surface area (Å²) < 4.78 is 56.8. The zero-order chi connectivity index (χ0) is 30.2. The second kappa shape index (κ2) is 11.6. The molecule has 0 spiro atoms. The van der Waals surface area contributed by atoms with Gasteiger partial charge in [0, 0.05) is 55.6 Å². The third-order valence-electron chi connectivity index (χ3n) is 8.00. The van der Waals surface area contributed by atoms with E-state index < -0.39 is 40.7 Å². The first-order chi connectivity index (χ1) is 19.2. The van der Waals surface area contributed by atoms with Crippen molar-refractivity contribution < 1.29 is 32.3 Å². The minimum atomic E-state index is -4.96. The summed E-state index contributed by atoms with van der Waals surface area (Å²) in [6.45, 7) is 6.81. The molecular formula is C28H33F4N5O4. The van der Waals surface area contributed by atoms with Gasteiger partial charge in [-0.15, -0.1) is 0 Å². The molecule has 1 aromatic carbocycles. The number of likely N-dealkylation sites (N-methyl/N-ethyl adjacent to an activating group) is 1. The lowest BCUT2D eigenvalue weighted by Crippen LogP contribution is -2.55. The van der Waals surface area contributed by atoms with E-state index in [2.05, 4.69) is 15.2 Å². The molecule has 2 amide bonds. The number of alkyl halides is 3. The number of piperazine rings is 1. The molecule has 1 unspecified atom stereocenters. The molecule has 13 heteroatoms. The van der Waals surface area contributed by atoms with Crippen LogP contribution < -0.4 is 15.8 Å². The van der Waals surface area contributed by atoms with E-state index in [1.54, 1.807) is 6.08 Å². The molecule has 4 rings (SSSR count). The first-order valence-electron chi connectivity index (χ1n) is 13.3. The van der Waals surface area contributed by atoms with Crippen molar-refractivity contribution in [2.24, 2.45) is 0 Å². The third-order valence-corrected chi connectivity index (χ3v) is 8.00. The highest BCUT2D eigenvalue weighted by Crippen LogP contribution is 2.38. The zero-order valence-corrected chi connectivity index (χ0v) is 23.2. The van der Waals surface area contributed by atoms with Crippen LogP contribution in [0.25, 0.3) is 5.57 Å². The number of nitrogens with one attached hydrogen (secondary N) is 2. The smallest absolute Gasteiger partial charge is 0.417 e. The van der Waals surface area contributed by atoms with Gasteiger partial charge in [0.15, 0.2) is 0 Å². The lowest BCUT2D eigenvalue weighted by molar-refractivity contribution is -0.138. The lowest BCUT2D eigenvalue weighted by atomic mass is 9.91. The Morgan fingerprint density at radius 1 is 1.15 bits per heavy atom. The molecule has 3 heterocycles. The number of carboxylic acid groups (broad SMARTS) is 1. The number of halogens is 4. The van der Waals surface area contributed by atoms with Crippen molar-refractivity contribution in [3.05, 3.63) is 63.3 Å². The summed E-state index contributed by atoms with van der Waals surface area (Å²) in [5.74, 6) is -1.72. The number of hydrogen-bond donors (Lipinski definition) is 3. The van der Waals surface area contributed by atoms with Crippen LogP contribution in [0.3, 0.4) is 0 Å². The van der Waals surface area contributed by atoms with Gasteiger partial charge in [-0.3, -0.25) is 14.5 Å². The molecule has 1 saturated heterocycles. The number of carbonyl (C=O) groups excluding carboxylic acids is 1. The fraction of sp³-hybridized carbons (Fsp3) is 0.464. The standard InChI is InChI=1S/C28H33F4N5O4/c1-5-18-8-17(6-7-37(18)27(40)41)19-9-23(24(11-22(19)29)36-13-15(2)35(4)16(3)14-36)34-26(39)20-12-33-25(38)10-21(20)28(30,31)32/h6,9-12,15-16,18H,5,7-8,13-14H2,1-4H3,(H,33,38)(H,34,39)(H,40,41)/t15-,16+,18?. The van der Waals surface area contributed by atoms with Gasteiger partial charge >= 0.3 is 12.3 Å². The van der Waals surface area contributed by atoms with Gasteiger partial charge in [0.1, 0.15) is 5.82 Å². The maximum absolute atomic E-state index is 15.7. The summed E-state index contributed by atoms with van der Waals surface area (Å²) in [6.07, 6.45) is -3.01. The van der Waals surface area contributed by atoms with Crippen molar-refractivity contribution in [2.45, 2.75) is 57.9 Å². The zero-order valence-electron chi connectivity index (χ0n) is 23.2. The van der Waals surface area contributed by atoms with Crippen LogP contribution in [0.2, 0.25) is 0 Å². The van der Waals surface area contributed by atoms with E-state index in [0.29, 0.717) is 43.0 Å². The molecule has 222 valence electrons. The molecular weight excluding hydrogens is 546 g/mol. The number of pyridine rings is 1. The number of amides is 2. The Morgan fingerprint density at radius 2 is 1.80 bits per heavy atom. The van der Waals surface area contributed by atoms with Crippen LogP contribution in [0.4, 0.5) is 33.7 Å². The highest BCUT2D eigenvalue weighted by molar-refractivity contribution is 6.07. The van der Waals surface area contributed by atoms with E-state index in [-0.39, 0.29) is 42.3 Å². The van der Waals surface area contributed by atoms with E-state index in [4.69, 9.17) is 0 Å². The predicted molar refractivity (Wildman–Crippen MR) is 147 cm³/mol. The van der Waals surface area contributed by atoms with Gasteiger partial charge in [-0.2, -0.15) is 13.2 Å². The minimum Gasteiger partial charge on any atom is -0.465 e. The molecule has 0 saturated carbocycles. The molecule has 1 fully saturated rings. The monoisotopic (exact) mass is 579 g/mol. The Labute approximate surface area is 234 Å². The van der Waals surface area contributed by atoms with E-state index in [1.807, 2.05) is 32.7 Å². The summed E-state index contributed by atoms with van der Waals surface area (Å²) in [5, 5.41) is 12.0. The molecule has 9 nitrogen and oxygen atoms in total. The molecule has 3 N–H and O–H groups in total. The number of carbonyl (C=O) groups is 2. The number of aromatic amines is 1. The number of hydrogen-bond acceptors (Lipinski definition) is 5. The van der Waals surface area contributed by atoms with E-state index in [9.17, 15) is 32.7 Å². The number of benzene rings is 1. The van der Waals surface area contributed by atoms with Crippen molar-refractivity contribution in [3.8, 4) is 0 Å². The topological polar surface area (TPSA) is 109 Å². The molecule has 0 radical (unpaired) electrons. The van der Waals surface area contributed by atoms with Crippen molar-refractivity contribution >= 4 is 28.9 Å². The van der Waals surface area contributed by atoms with Gasteiger partial charge < -0.3 is 25.2 Å². The first kappa shape index (κ1) is 30.1. The van der Waals surface area contributed by atoms with Crippen LogP contribution in [0, 0.1) is 5.82 Å². The van der Waals surface area contributed by atoms with Crippen LogP contribution >= 0.6 is 0 Å². The summed E-state index contributed by atoms with van der Waals surface area (Å²) in [7, 11) is 1.97. The second-order valence-corrected chi connectivity index (χ2v) is 10.6. The molecule has 2 aliphatic heterocycles. The maximum Gasteiger partial charge on any atom is 0.417 e. The minimum absolute atomic E-state index is 0.0475. The van der Waals surface area contributed by atoms with Crippen molar-refractivity contribution in [1.29, 1.82) is 0 Å². The quantitative estimate of drug-likeness (QED) is 0.437. The fourth-order valence-electron chi connectivity index (χ4n) is 5.48. The second-order valence-electron chi connectivity index (χ2n) is 10.6. The molecule has 41 heavy (non-hydrogen) atoms. The van der Waals surface area contributed by atoms with E-state index in [1.165, 1.54) is 17.0 Å². The van der Waals surface area contributed by atoms with Gasteiger partial charge in [0.25, 0.3) is 5.91 Å². The van der Waals surface area contributed by atoms with Gasteiger partial charge in [-0.1, -0.05) is 13.0 Å². The molecule has 2 aromatic rings. The molecule has 0 aliphatic carbocycles. The highest BCUT2D eigenvalue weighted by Gasteiger charge is 2.37. The summed E-state index contributed by atoms with van der Waals surface area (Å²) >= 11 is 0. The number of rotatable bonds is 5. The molecule has 0 bridgehead atoms. The van der Waals surface area contributed by atoms with Crippen LogP contribution in [-0.4, -0.2) is 76.7 Å². The average molecular weight is 580 g/mol. The van der Waals surface area contributed by atoms with Crippen LogP contribution in [0.1, 0.15) is 55.1 Å². The Balaban J connectivity index is 1.80. The average Bonchev–Trinajstić information content (AvgIpc) is 2.91. The number of anilines is 2. The SMILES string of the molecule is CCC1CC(c2cc(NC(=O)c3c[nH]c(=O)cc3C(F)(F)F)c(N3C[C@@H](C)N(C)[C@@H](C)C3)cc2F)=CCN1C(=O)O. The van der Waals surface area contributed by atoms with Gasteiger partial charge in [0.05, 0.1) is 22.5 Å². The van der Waals surface area contributed by atoms with E-state index >= 15 is 4.39 Å². The van der Waals surface area contributed by atoms with Gasteiger partial charge in [0.2, 0.25) is 5.56 Å². The van der Waals surface area contributed by atoms with E-state index in [0.717, 1.165) is 0 Å². The normalized spacial score (nSPS) is 22.0. The van der Waals surface area contributed by atoms with Crippen molar-refractivity contribution in [2.75, 3.05) is 36.9 Å². The first-order valence-corrected chi connectivity index (χ1v) is 13.3. The molecule has 3 atom stereocenters. The number of nitrogens with zero attached hydrogens (tertiary/aromatic N) is 3. The highest BCUT2D eigenvalue weighted by atomic mass is 19.4. The summed E-state index contributed by atoms with van der Waals surface area (Å²) in [5.41, 5.74) is -2.11. The maximum atomic E-state index is 15.7. The molecule has 1 aromatic heterocycles. The largest absolute Gasteiger partial charge is 0.465 e. The Morgan fingerprint density at radius 3 is 2.39 bits per heavy atom. The lowest BCUT2D eigenvalue weighted by Gasteiger charge is -2.44. The van der Waals surface area contributed by atoms with Crippen LogP contribution in [-0.2, 0) is 6.18 Å². The third kappa shape index (κ3) is 6.24. The van der Waals surface area contributed by atoms with Crippen molar-refractivity contribution in [1.82, 2.24) is 14.8 Å². The van der Waals surface area contributed by atoms with Crippen molar-refractivity contribution in [3.63, 3.8) is 0 Å².